The van der Waals surface area contributed by atoms with E-state index < -0.39 is 6.10 Å². The number of nitrogens with one attached hydrogen (secondary N) is 1. The zero-order valence-corrected chi connectivity index (χ0v) is 13.5. The molecule has 2 rings (SSSR count). The van der Waals surface area contributed by atoms with Crippen LogP contribution in [0.1, 0.15) is 39.9 Å². The van der Waals surface area contributed by atoms with E-state index in [-0.39, 0.29) is 23.2 Å². The van der Waals surface area contributed by atoms with Crippen LogP contribution in [0.15, 0.2) is 12.4 Å². The highest BCUT2D eigenvalue weighted by atomic mass is 16.3. The maximum absolute atomic E-state index is 12.3. The highest BCUT2D eigenvalue weighted by Gasteiger charge is 2.32. The van der Waals surface area contributed by atoms with Crippen molar-refractivity contribution in [3.05, 3.63) is 18.2 Å². The van der Waals surface area contributed by atoms with Gasteiger partial charge in [0, 0.05) is 43.2 Å². The molecule has 0 radical (unpaired) electrons. The van der Waals surface area contributed by atoms with Crippen molar-refractivity contribution in [3.8, 4) is 0 Å². The third-order valence-corrected chi connectivity index (χ3v) is 4.47. The van der Waals surface area contributed by atoms with Crippen molar-refractivity contribution < 1.29 is 9.90 Å². The van der Waals surface area contributed by atoms with Crippen molar-refractivity contribution in [3.63, 3.8) is 0 Å². The largest absolute Gasteiger partial charge is 0.392 e. The second-order valence-electron chi connectivity index (χ2n) is 7.12. The summed E-state index contributed by atoms with van der Waals surface area (Å²) in [5, 5.41) is 13.2. The average molecular weight is 293 g/mol. The summed E-state index contributed by atoms with van der Waals surface area (Å²) in [6, 6.07) is 0. The minimum atomic E-state index is -0.428. The topological polar surface area (TPSA) is 67.2 Å². The summed E-state index contributed by atoms with van der Waals surface area (Å²) < 4.78 is 2.11. The molecule has 0 aliphatic carbocycles. The van der Waals surface area contributed by atoms with Crippen molar-refractivity contribution in [1.82, 2.24) is 14.9 Å². The fourth-order valence-electron chi connectivity index (χ4n) is 3.04. The predicted octanol–water partition coefficient (Wildman–Crippen LogP) is 1.60. The van der Waals surface area contributed by atoms with Crippen LogP contribution < -0.4 is 5.32 Å². The average Bonchev–Trinajstić information content (AvgIpc) is 2.91. The Morgan fingerprint density at radius 1 is 1.57 bits per heavy atom. The van der Waals surface area contributed by atoms with E-state index >= 15 is 0 Å². The van der Waals surface area contributed by atoms with E-state index in [1.54, 1.807) is 6.20 Å². The van der Waals surface area contributed by atoms with E-state index in [0.29, 0.717) is 13.0 Å². The molecule has 1 aliphatic heterocycles. The van der Waals surface area contributed by atoms with Gasteiger partial charge in [0.25, 0.3) is 0 Å². The predicted molar refractivity (Wildman–Crippen MR) is 81.7 cm³/mol. The number of imidazole rings is 1. The summed E-state index contributed by atoms with van der Waals surface area (Å²) >= 11 is 0. The Morgan fingerprint density at radius 2 is 2.29 bits per heavy atom. The Bertz CT molecular complexity index is 493. The molecule has 118 valence electrons. The van der Waals surface area contributed by atoms with Crippen molar-refractivity contribution in [1.29, 1.82) is 0 Å². The van der Waals surface area contributed by atoms with E-state index in [9.17, 15) is 9.90 Å². The normalized spacial score (nSPS) is 20.2. The lowest BCUT2D eigenvalue weighted by Gasteiger charge is -2.34. The highest BCUT2D eigenvalue weighted by molar-refractivity contribution is 5.79. The van der Waals surface area contributed by atoms with Gasteiger partial charge in [-0.05, 0) is 12.3 Å². The van der Waals surface area contributed by atoms with Crippen molar-refractivity contribution in [2.24, 2.45) is 17.3 Å². The molecule has 5 heteroatoms. The molecule has 21 heavy (non-hydrogen) atoms. The molecule has 0 fully saturated rings. The van der Waals surface area contributed by atoms with E-state index in [0.717, 1.165) is 18.8 Å². The lowest BCUT2D eigenvalue weighted by atomic mass is 9.80. The number of hydrogen-bond acceptors (Lipinski definition) is 3. The number of aryl methyl sites for hydroxylation is 1. The summed E-state index contributed by atoms with van der Waals surface area (Å²) in [5.74, 6) is 1.24. The molecule has 2 atom stereocenters. The molecule has 0 spiro atoms. The molecule has 1 aromatic heterocycles. The number of aliphatic hydroxyl groups is 1. The monoisotopic (exact) mass is 293 g/mol. The van der Waals surface area contributed by atoms with E-state index in [4.69, 9.17) is 0 Å². The first-order chi connectivity index (χ1) is 9.81. The number of rotatable bonds is 5. The molecular formula is C16H27N3O2. The van der Waals surface area contributed by atoms with Gasteiger partial charge in [-0.3, -0.25) is 4.79 Å². The van der Waals surface area contributed by atoms with Crippen molar-refractivity contribution in [2.45, 2.75) is 53.2 Å². The second kappa shape index (κ2) is 6.18. The number of carbonyl (C=O) groups excluding carboxylic acids is 1. The van der Waals surface area contributed by atoms with E-state index in [2.05, 4.69) is 14.9 Å². The number of amides is 1. The van der Waals surface area contributed by atoms with Gasteiger partial charge in [-0.1, -0.05) is 27.7 Å². The van der Waals surface area contributed by atoms with E-state index in [1.165, 1.54) is 0 Å². The van der Waals surface area contributed by atoms with Crippen LogP contribution in [0.25, 0.3) is 0 Å². The number of fused-ring (bicyclic) bond motifs is 1. The van der Waals surface area contributed by atoms with Crippen LogP contribution in [0, 0.1) is 17.3 Å². The fraction of sp³-hybridized carbons (Fsp3) is 0.750. The fourth-order valence-corrected chi connectivity index (χ4v) is 3.04. The Hall–Kier alpha value is -1.36. The number of aliphatic hydroxyl groups excluding tert-OH is 1. The Kier molecular flexibility index (Phi) is 4.71. The first kappa shape index (κ1) is 16.0. The zero-order valence-electron chi connectivity index (χ0n) is 13.5. The van der Waals surface area contributed by atoms with Crippen LogP contribution >= 0.6 is 0 Å². The number of nitrogens with zero attached hydrogens (tertiary/aromatic N) is 2. The van der Waals surface area contributed by atoms with E-state index in [1.807, 2.05) is 33.9 Å². The van der Waals surface area contributed by atoms with Gasteiger partial charge in [-0.15, -0.1) is 0 Å². The maximum atomic E-state index is 12.3. The molecule has 2 unspecified atom stereocenters. The summed E-state index contributed by atoms with van der Waals surface area (Å²) in [6.45, 7) is 9.32. The third-order valence-electron chi connectivity index (χ3n) is 4.47. The first-order valence-corrected chi connectivity index (χ1v) is 7.77. The molecule has 0 bridgehead atoms. The lowest BCUT2D eigenvalue weighted by Crippen LogP contribution is -2.45. The van der Waals surface area contributed by atoms with Gasteiger partial charge in [0.15, 0.2) is 0 Å². The third kappa shape index (κ3) is 3.64. The second-order valence-corrected chi connectivity index (χ2v) is 7.12. The summed E-state index contributed by atoms with van der Waals surface area (Å²) in [5.41, 5.74) is -0.322. The Labute approximate surface area is 126 Å². The molecule has 0 aromatic carbocycles. The Morgan fingerprint density at radius 3 is 2.95 bits per heavy atom. The molecule has 0 saturated heterocycles. The van der Waals surface area contributed by atoms with Crippen LogP contribution in [0.4, 0.5) is 0 Å². The molecule has 1 amide bonds. The smallest absolute Gasteiger partial charge is 0.223 e. The molecule has 2 N–H and O–H groups in total. The van der Waals surface area contributed by atoms with Gasteiger partial charge in [-0.25, -0.2) is 4.98 Å². The molecule has 5 nitrogen and oxygen atoms in total. The SMILES string of the molecule is CC(C)C(O)C(C)(C)CNC(=O)C1CCn2ccnc2C1. The lowest BCUT2D eigenvalue weighted by molar-refractivity contribution is -0.126. The zero-order chi connectivity index (χ0) is 15.6. The highest BCUT2D eigenvalue weighted by Crippen LogP contribution is 2.26. The first-order valence-electron chi connectivity index (χ1n) is 7.77. The molecule has 0 saturated carbocycles. The number of aromatic nitrogens is 2. The maximum Gasteiger partial charge on any atom is 0.223 e. The summed E-state index contributed by atoms with van der Waals surface area (Å²) in [7, 11) is 0. The van der Waals surface area contributed by atoms with Gasteiger partial charge in [0.05, 0.1) is 6.10 Å². The molecule has 1 aliphatic rings. The Balaban J connectivity index is 1.88. The van der Waals surface area contributed by atoms with Gasteiger partial charge in [-0.2, -0.15) is 0 Å². The van der Waals surface area contributed by atoms with Crippen molar-refractivity contribution >= 4 is 5.91 Å². The molecule has 1 aromatic rings. The molecular weight excluding hydrogens is 266 g/mol. The number of carbonyl (C=O) groups is 1. The van der Waals surface area contributed by atoms with Crippen LogP contribution in [0.3, 0.4) is 0 Å². The number of hydrogen-bond donors (Lipinski definition) is 2. The van der Waals surface area contributed by atoms with Crippen LogP contribution in [0.2, 0.25) is 0 Å². The van der Waals surface area contributed by atoms with Gasteiger partial charge >= 0.3 is 0 Å². The summed E-state index contributed by atoms with van der Waals surface area (Å²) in [6.07, 6.45) is 4.88. The van der Waals surface area contributed by atoms with Gasteiger partial charge in [0.1, 0.15) is 5.82 Å². The van der Waals surface area contributed by atoms with Gasteiger partial charge < -0.3 is 15.0 Å². The van der Waals surface area contributed by atoms with Crippen molar-refractivity contribution in [2.75, 3.05) is 6.54 Å². The standard InChI is InChI=1S/C16H27N3O2/c1-11(2)14(20)16(3,4)10-18-15(21)12-5-7-19-8-6-17-13(19)9-12/h6,8,11-12,14,20H,5,7,9-10H2,1-4H3,(H,18,21). The minimum absolute atomic E-state index is 0.00751. The summed E-state index contributed by atoms with van der Waals surface area (Å²) in [4.78, 5) is 16.6. The van der Waals surface area contributed by atoms with Crippen LogP contribution in [0.5, 0.6) is 0 Å². The van der Waals surface area contributed by atoms with Crippen LogP contribution in [-0.2, 0) is 17.8 Å². The minimum Gasteiger partial charge on any atom is -0.392 e. The quantitative estimate of drug-likeness (QED) is 0.866. The molecule has 2 heterocycles. The van der Waals surface area contributed by atoms with Gasteiger partial charge in [0.2, 0.25) is 5.91 Å². The van der Waals surface area contributed by atoms with Crippen LogP contribution in [-0.4, -0.2) is 33.2 Å².